The van der Waals surface area contributed by atoms with Gasteiger partial charge >= 0.3 is 0 Å². The maximum Gasteiger partial charge on any atom is 0.126 e. The molecule has 1 aliphatic rings. The Balaban J connectivity index is 2.48. The van der Waals surface area contributed by atoms with Gasteiger partial charge < -0.3 is 4.74 Å². The summed E-state index contributed by atoms with van der Waals surface area (Å²) in [5.74, 6) is 0.795. The van der Waals surface area contributed by atoms with E-state index in [9.17, 15) is 4.39 Å². The van der Waals surface area contributed by atoms with E-state index in [2.05, 4.69) is 20.8 Å². The second kappa shape index (κ2) is 4.08. The summed E-state index contributed by atoms with van der Waals surface area (Å²) in [4.78, 5) is 0. The van der Waals surface area contributed by atoms with Crippen LogP contribution in [0.2, 0.25) is 0 Å². The van der Waals surface area contributed by atoms with Gasteiger partial charge in [-0.1, -0.05) is 27.2 Å². The van der Waals surface area contributed by atoms with Crippen molar-refractivity contribution in [3.8, 4) is 5.75 Å². The highest BCUT2D eigenvalue weighted by Gasteiger charge is 2.28. The molecule has 0 N–H and O–H groups in total. The highest BCUT2D eigenvalue weighted by atomic mass is 19.1. The van der Waals surface area contributed by atoms with Crippen LogP contribution < -0.4 is 4.74 Å². The molecule has 0 radical (unpaired) electrons. The molecule has 16 heavy (non-hydrogen) atoms. The van der Waals surface area contributed by atoms with E-state index < -0.39 is 0 Å². The zero-order valence-corrected chi connectivity index (χ0v) is 10.3. The summed E-state index contributed by atoms with van der Waals surface area (Å²) in [5, 5.41) is 0. The van der Waals surface area contributed by atoms with Gasteiger partial charge in [-0.05, 0) is 24.0 Å². The van der Waals surface area contributed by atoms with Crippen molar-refractivity contribution in [2.75, 3.05) is 6.61 Å². The number of hydrogen-bond donors (Lipinski definition) is 0. The van der Waals surface area contributed by atoms with Crippen molar-refractivity contribution in [1.82, 2.24) is 0 Å². The smallest absolute Gasteiger partial charge is 0.126 e. The lowest BCUT2D eigenvalue weighted by Gasteiger charge is -2.26. The molecule has 88 valence electrons. The van der Waals surface area contributed by atoms with E-state index in [1.54, 1.807) is 12.1 Å². The monoisotopic (exact) mass is 222 g/mol. The first-order valence-corrected chi connectivity index (χ1v) is 6.00. The molecular weight excluding hydrogens is 203 g/mol. The van der Waals surface area contributed by atoms with Gasteiger partial charge in [0.1, 0.15) is 11.6 Å². The number of benzene rings is 1. The van der Waals surface area contributed by atoms with Crippen LogP contribution in [0.3, 0.4) is 0 Å². The van der Waals surface area contributed by atoms with Crippen LogP contribution in [-0.2, 0) is 11.8 Å². The molecule has 0 unspecified atom stereocenters. The molecule has 1 aromatic carbocycles. The van der Waals surface area contributed by atoms with Gasteiger partial charge in [0.2, 0.25) is 0 Å². The molecule has 1 heterocycles. The van der Waals surface area contributed by atoms with Gasteiger partial charge in [0.25, 0.3) is 0 Å². The highest BCUT2D eigenvalue weighted by molar-refractivity contribution is 5.47. The van der Waals surface area contributed by atoms with Gasteiger partial charge in [0.15, 0.2) is 0 Å². The molecule has 0 saturated carbocycles. The average molecular weight is 222 g/mol. The summed E-state index contributed by atoms with van der Waals surface area (Å²) in [6, 6.07) is 3.24. The van der Waals surface area contributed by atoms with Gasteiger partial charge in [-0.25, -0.2) is 4.39 Å². The number of hydrogen-bond acceptors (Lipinski definition) is 1. The molecule has 0 atom stereocenters. The van der Waals surface area contributed by atoms with E-state index in [-0.39, 0.29) is 11.2 Å². The van der Waals surface area contributed by atoms with Crippen molar-refractivity contribution in [1.29, 1.82) is 0 Å². The Morgan fingerprint density at radius 2 is 2.12 bits per heavy atom. The summed E-state index contributed by atoms with van der Waals surface area (Å²) in [7, 11) is 0. The van der Waals surface area contributed by atoms with Crippen molar-refractivity contribution in [3.63, 3.8) is 0 Å². The molecule has 0 aliphatic carbocycles. The van der Waals surface area contributed by atoms with Crippen molar-refractivity contribution >= 4 is 0 Å². The Hall–Kier alpha value is -1.05. The second-order valence-corrected chi connectivity index (χ2v) is 5.17. The zero-order chi connectivity index (χ0) is 11.8. The van der Waals surface area contributed by atoms with E-state index in [1.165, 1.54) is 0 Å². The molecule has 0 saturated heterocycles. The van der Waals surface area contributed by atoms with Crippen molar-refractivity contribution in [2.45, 2.75) is 45.4 Å². The van der Waals surface area contributed by atoms with Crippen molar-refractivity contribution in [2.24, 2.45) is 0 Å². The first kappa shape index (κ1) is 11.4. The van der Waals surface area contributed by atoms with E-state index in [0.717, 1.165) is 36.1 Å². The Bertz CT molecular complexity index is 396. The van der Waals surface area contributed by atoms with Gasteiger partial charge in [-0.15, -0.1) is 0 Å². The molecule has 0 fully saturated rings. The summed E-state index contributed by atoms with van der Waals surface area (Å²) in [6.07, 6.45) is 2.98. The fourth-order valence-corrected chi connectivity index (χ4v) is 2.53. The standard InChI is InChI=1S/C14H19FO/c1-4-6-14(2,3)12-9-11(15)8-10-5-7-16-13(10)12/h8-9H,4-7H2,1-3H3. The van der Waals surface area contributed by atoms with Gasteiger partial charge in [-0.3, -0.25) is 0 Å². The Morgan fingerprint density at radius 1 is 1.38 bits per heavy atom. The molecule has 0 bridgehead atoms. The van der Waals surface area contributed by atoms with Gasteiger partial charge in [0.05, 0.1) is 6.61 Å². The van der Waals surface area contributed by atoms with Crippen LogP contribution in [0.15, 0.2) is 12.1 Å². The highest BCUT2D eigenvalue weighted by Crippen LogP contribution is 2.40. The third-order valence-corrected chi connectivity index (χ3v) is 3.35. The normalized spacial score (nSPS) is 14.8. The minimum absolute atomic E-state index is 0.00866. The second-order valence-electron chi connectivity index (χ2n) is 5.17. The van der Waals surface area contributed by atoms with Crippen LogP contribution in [-0.4, -0.2) is 6.61 Å². The zero-order valence-electron chi connectivity index (χ0n) is 10.3. The van der Waals surface area contributed by atoms with E-state index in [1.807, 2.05) is 0 Å². The van der Waals surface area contributed by atoms with E-state index in [0.29, 0.717) is 6.61 Å². The summed E-state index contributed by atoms with van der Waals surface area (Å²) < 4.78 is 19.2. The molecule has 1 aliphatic heterocycles. The minimum Gasteiger partial charge on any atom is -0.493 e. The Kier molecular flexibility index (Phi) is 2.92. The first-order chi connectivity index (χ1) is 7.54. The van der Waals surface area contributed by atoms with Gasteiger partial charge in [-0.2, -0.15) is 0 Å². The quantitative estimate of drug-likeness (QED) is 0.755. The van der Waals surface area contributed by atoms with E-state index in [4.69, 9.17) is 4.74 Å². The largest absolute Gasteiger partial charge is 0.493 e. The topological polar surface area (TPSA) is 9.23 Å². The molecule has 1 aromatic rings. The molecular formula is C14H19FO. The molecule has 2 heteroatoms. The predicted molar refractivity (Wildman–Crippen MR) is 63.5 cm³/mol. The number of ether oxygens (including phenoxy) is 1. The summed E-state index contributed by atoms with van der Waals surface area (Å²) in [5.41, 5.74) is 2.05. The lowest BCUT2D eigenvalue weighted by molar-refractivity contribution is 0.340. The molecule has 0 spiro atoms. The molecule has 1 nitrogen and oxygen atoms in total. The minimum atomic E-state index is -0.136. The lowest BCUT2D eigenvalue weighted by atomic mass is 9.79. The molecule has 0 amide bonds. The third kappa shape index (κ3) is 1.93. The summed E-state index contributed by atoms with van der Waals surface area (Å²) >= 11 is 0. The van der Waals surface area contributed by atoms with Crippen molar-refractivity contribution < 1.29 is 9.13 Å². The Morgan fingerprint density at radius 3 is 2.81 bits per heavy atom. The number of halogens is 1. The maximum atomic E-state index is 13.5. The van der Waals surface area contributed by atoms with Crippen LogP contribution in [0.25, 0.3) is 0 Å². The van der Waals surface area contributed by atoms with Crippen LogP contribution in [0.1, 0.15) is 44.7 Å². The summed E-state index contributed by atoms with van der Waals surface area (Å²) in [6.45, 7) is 7.16. The van der Waals surface area contributed by atoms with Crippen LogP contribution in [0, 0.1) is 5.82 Å². The molecule has 2 rings (SSSR count). The van der Waals surface area contributed by atoms with Crippen molar-refractivity contribution in [3.05, 3.63) is 29.1 Å². The maximum absolute atomic E-state index is 13.5. The van der Waals surface area contributed by atoms with Crippen LogP contribution in [0.4, 0.5) is 4.39 Å². The predicted octanol–water partition coefficient (Wildman–Crippen LogP) is 3.84. The third-order valence-electron chi connectivity index (χ3n) is 3.35. The van der Waals surface area contributed by atoms with Crippen LogP contribution >= 0.6 is 0 Å². The van der Waals surface area contributed by atoms with Gasteiger partial charge in [0, 0.05) is 17.5 Å². The Labute approximate surface area is 96.6 Å². The molecule has 0 aromatic heterocycles. The fourth-order valence-electron chi connectivity index (χ4n) is 2.53. The SMILES string of the molecule is CCCC(C)(C)c1cc(F)cc2c1OCC2. The van der Waals surface area contributed by atoms with E-state index >= 15 is 0 Å². The lowest BCUT2D eigenvalue weighted by Crippen LogP contribution is -2.18. The van der Waals surface area contributed by atoms with Crippen LogP contribution in [0.5, 0.6) is 5.75 Å². The first-order valence-electron chi connectivity index (χ1n) is 6.00. The average Bonchev–Trinajstić information content (AvgIpc) is 2.63. The number of rotatable bonds is 3. The fraction of sp³-hybridized carbons (Fsp3) is 0.571. The number of fused-ring (bicyclic) bond motifs is 1.